The van der Waals surface area contributed by atoms with E-state index >= 15 is 0 Å². The van der Waals surface area contributed by atoms with Crippen molar-refractivity contribution in [2.45, 2.75) is 25.5 Å². The summed E-state index contributed by atoms with van der Waals surface area (Å²) in [5.41, 5.74) is 1.59. The van der Waals surface area contributed by atoms with Crippen LogP contribution in [0, 0.1) is 0 Å². The molecule has 0 aromatic heterocycles. The molecule has 2 amide bonds. The molecule has 0 spiro atoms. The van der Waals surface area contributed by atoms with E-state index in [0.29, 0.717) is 10.6 Å². The molecule has 5 nitrogen and oxygen atoms in total. The fourth-order valence-electron chi connectivity index (χ4n) is 2.37. The van der Waals surface area contributed by atoms with Gasteiger partial charge in [-0.3, -0.25) is 9.59 Å². The molecule has 2 aromatic rings. The molecule has 25 heavy (non-hydrogen) atoms. The predicted octanol–water partition coefficient (Wildman–Crippen LogP) is 2.76. The van der Waals surface area contributed by atoms with Gasteiger partial charge in [-0.05, 0) is 36.6 Å². The SMILES string of the molecule is C[C@H](NC(=O)C(=O)NCC[C@H](O)c1cccc(Cl)c1)c1ccccc1. The van der Waals surface area contributed by atoms with Crippen LogP contribution in [0.25, 0.3) is 0 Å². The van der Waals surface area contributed by atoms with Crippen molar-refractivity contribution in [3.8, 4) is 0 Å². The number of nitrogens with one attached hydrogen (secondary N) is 2. The molecule has 0 aliphatic heterocycles. The Kier molecular flexibility index (Phi) is 6.98. The molecule has 0 aliphatic carbocycles. The molecule has 0 aliphatic rings. The standard InChI is InChI=1S/C19H21ClN2O3/c1-13(14-6-3-2-4-7-14)22-19(25)18(24)21-11-10-17(23)15-8-5-9-16(20)12-15/h2-9,12-13,17,23H,10-11H2,1H3,(H,21,24)(H,22,25)/t13-,17-/m0/s1. The number of rotatable bonds is 6. The van der Waals surface area contributed by atoms with Crippen molar-refractivity contribution in [3.05, 3.63) is 70.7 Å². The summed E-state index contributed by atoms with van der Waals surface area (Å²) >= 11 is 5.88. The van der Waals surface area contributed by atoms with Gasteiger partial charge in [0.1, 0.15) is 0 Å². The van der Waals surface area contributed by atoms with E-state index in [9.17, 15) is 14.7 Å². The van der Waals surface area contributed by atoms with Gasteiger partial charge in [-0.1, -0.05) is 54.1 Å². The summed E-state index contributed by atoms with van der Waals surface area (Å²) < 4.78 is 0. The second kappa shape index (κ2) is 9.20. The van der Waals surface area contributed by atoms with E-state index in [4.69, 9.17) is 11.6 Å². The second-order valence-corrected chi connectivity index (χ2v) is 6.16. The fraction of sp³-hybridized carbons (Fsp3) is 0.263. The maximum Gasteiger partial charge on any atom is 0.309 e. The summed E-state index contributed by atoms with van der Waals surface area (Å²) in [6.45, 7) is 1.99. The van der Waals surface area contributed by atoms with Gasteiger partial charge in [0.15, 0.2) is 0 Å². The lowest BCUT2D eigenvalue weighted by Gasteiger charge is -2.15. The quantitative estimate of drug-likeness (QED) is 0.693. The first-order valence-corrected chi connectivity index (χ1v) is 8.42. The molecule has 0 saturated heterocycles. The third kappa shape index (κ3) is 5.89. The van der Waals surface area contributed by atoms with Gasteiger partial charge in [0, 0.05) is 11.6 Å². The number of carbonyl (C=O) groups is 2. The van der Waals surface area contributed by atoms with Gasteiger partial charge in [-0.2, -0.15) is 0 Å². The Morgan fingerprint density at radius 2 is 1.72 bits per heavy atom. The number of amides is 2. The highest BCUT2D eigenvalue weighted by Gasteiger charge is 2.17. The van der Waals surface area contributed by atoms with E-state index in [1.54, 1.807) is 24.3 Å². The van der Waals surface area contributed by atoms with Crippen LogP contribution in [-0.4, -0.2) is 23.5 Å². The summed E-state index contributed by atoms with van der Waals surface area (Å²) in [5, 5.41) is 15.8. The summed E-state index contributed by atoms with van der Waals surface area (Å²) in [5.74, 6) is -1.42. The van der Waals surface area contributed by atoms with Crippen molar-refractivity contribution >= 4 is 23.4 Å². The normalized spacial score (nSPS) is 12.9. The summed E-state index contributed by atoms with van der Waals surface area (Å²) in [6, 6.07) is 16.0. The van der Waals surface area contributed by atoms with Crippen LogP contribution in [0.15, 0.2) is 54.6 Å². The Balaban J connectivity index is 1.77. The number of halogens is 1. The lowest BCUT2D eigenvalue weighted by Crippen LogP contribution is -2.41. The van der Waals surface area contributed by atoms with Crippen LogP contribution >= 0.6 is 11.6 Å². The van der Waals surface area contributed by atoms with Crippen molar-refractivity contribution < 1.29 is 14.7 Å². The number of aliphatic hydroxyl groups is 1. The average Bonchev–Trinajstić information content (AvgIpc) is 2.62. The highest BCUT2D eigenvalue weighted by atomic mass is 35.5. The third-order valence-corrected chi connectivity index (χ3v) is 4.03. The van der Waals surface area contributed by atoms with Crippen LogP contribution in [-0.2, 0) is 9.59 Å². The smallest absolute Gasteiger partial charge is 0.309 e. The van der Waals surface area contributed by atoms with E-state index in [1.807, 2.05) is 37.3 Å². The molecule has 132 valence electrons. The van der Waals surface area contributed by atoms with E-state index in [1.165, 1.54) is 0 Å². The maximum absolute atomic E-state index is 11.9. The number of aliphatic hydroxyl groups excluding tert-OH is 1. The fourth-order valence-corrected chi connectivity index (χ4v) is 2.57. The zero-order valence-corrected chi connectivity index (χ0v) is 14.7. The minimum atomic E-state index is -0.759. The van der Waals surface area contributed by atoms with Gasteiger partial charge >= 0.3 is 11.8 Å². The molecule has 0 bridgehead atoms. The minimum Gasteiger partial charge on any atom is -0.388 e. The Morgan fingerprint density at radius 3 is 2.40 bits per heavy atom. The zero-order chi connectivity index (χ0) is 18.2. The van der Waals surface area contributed by atoms with Gasteiger partial charge in [-0.15, -0.1) is 0 Å². The number of benzene rings is 2. The number of hydrogen-bond donors (Lipinski definition) is 3. The van der Waals surface area contributed by atoms with Gasteiger partial charge in [-0.25, -0.2) is 0 Å². The van der Waals surface area contributed by atoms with Crippen molar-refractivity contribution in [1.29, 1.82) is 0 Å². The van der Waals surface area contributed by atoms with Crippen LogP contribution in [0.3, 0.4) is 0 Å². The van der Waals surface area contributed by atoms with Gasteiger partial charge in [0.05, 0.1) is 12.1 Å². The van der Waals surface area contributed by atoms with Gasteiger partial charge in [0.2, 0.25) is 0 Å². The van der Waals surface area contributed by atoms with E-state index < -0.39 is 17.9 Å². The van der Waals surface area contributed by atoms with Crippen LogP contribution in [0.5, 0.6) is 0 Å². The Labute approximate surface area is 152 Å². The van der Waals surface area contributed by atoms with Crippen molar-refractivity contribution in [2.24, 2.45) is 0 Å². The molecule has 2 rings (SSSR count). The first-order chi connectivity index (χ1) is 12.0. The third-order valence-electron chi connectivity index (χ3n) is 3.79. The van der Waals surface area contributed by atoms with Crippen LogP contribution in [0.4, 0.5) is 0 Å². The van der Waals surface area contributed by atoms with E-state index in [0.717, 1.165) is 5.56 Å². The number of carbonyl (C=O) groups excluding carboxylic acids is 2. The molecule has 6 heteroatoms. The van der Waals surface area contributed by atoms with E-state index in [-0.39, 0.29) is 19.0 Å². The lowest BCUT2D eigenvalue weighted by molar-refractivity contribution is -0.139. The summed E-state index contributed by atoms with van der Waals surface area (Å²) in [6.07, 6.45) is -0.474. The predicted molar refractivity (Wildman–Crippen MR) is 97.0 cm³/mol. The zero-order valence-electron chi connectivity index (χ0n) is 13.9. The summed E-state index contributed by atoms with van der Waals surface area (Å²) in [7, 11) is 0. The lowest BCUT2D eigenvalue weighted by atomic mass is 10.1. The Hall–Kier alpha value is -2.37. The molecule has 0 fully saturated rings. The topological polar surface area (TPSA) is 78.4 Å². The molecular formula is C19H21ClN2O3. The Bertz CT molecular complexity index is 722. The van der Waals surface area contributed by atoms with Gasteiger partial charge < -0.3 is 15.7 Å². The van der Waals surface area contributed by atoms with Gasteiger partial charge in [0.25, 0.3) is 0 Å². The minimum absolute atomic E-state index is 0.180. The molecule has 0 radical (unpaired) electrons. The molecule has 0 unspecified atom stereocenters. The molecule has 2 atom stereocenters. The van der Waals surface area contributed by atoms with Crippen LogP contribution < -0.4 is 10.6 Å². The highest BCUT2D eigenvalue weighted by molar-refractivity contribution is 6.35. The maximum atomic E-state index is 11.9. The molecule has 2 aromatic carbocycles. The molecule has 0 saturated carbocycles. The molecular weight excluding hydrogens is 340 g/mol. The summed E-state index contributed by atoms with van der Waals surface area (Å²) in [4.78, 5) is 23.8. The van der Waals surface area contributed by atoms with E-state index in [2.05, 4.69) is 10.6 Å². The second-order valence-electron chi connectivity index (χ2n) is 5.72. The first-order valence-electron chi connectivity index (χ1n) is 8.04. The van der Waals surface area contributed by atoms with Crippen molar-refractivity contribution in [3.63, 3.8) is 0 Å². The Morgan fingerprint density at radius 1 is 1.04 bits per heavy atom. The first kappa shape index (κ1) is 19.0. The van der Waals surface area contributed by atoms with Crippen LogP contribution in [0.2, 0.25) is 5.02 Å². The van der Waals surface area contributed by atoms with Crippen LogP contribution in [0.1, 0.15) is 36.6 Å². The van der Waals surface area contributed by atoms with Crippen molar-refractivity contribution in [2.75, 3.05) is 6.54 Å². The highest BCUT2D eigenvalue weighted by Crippen LogP contribution is 2.19. The van der Waals surface area contributed by atoms with Crippen molar-refractivity contribution in [1.82, 2.24) is 10.6 Å². The monoisotopic (exact) mass is 360 g/mol. The number of hydrogen-bond acceptors (Lipinski definition) is 3. The average molecular weight is 361 g/mol. The largest absolute Gasteiger partial charge is 0.388 e. The molecule has 0 heterocycles. The molecule has 3 N–H and O–H groups in total.